The molecule has 9 heteroatoms. The number of rotatable bonds is 12. The van der Waals surface area contributed by atoms with Gasteiger partial charge in [0.05, 0.1) is 46.1 Å². The van der Waals surface area contributed by atoms with Crippen LogP contribution in [0.15, 0.2) is 36.4 Å². The number of carbonyl (C=O) groups excluding carboxylic acids is 2. The molecule has 37 heavy (non-hydrogen) atoms. The third-order valence-electron chi connectivity index (χ3n) is 6.94. The Kier molecular flexibility index (Phi) is 10.0. The van der Waals surface area contributed by atoms with Gasteiger partial charge >= 0.3 is 0 Å². The van der Waals surface area contributed by atoms with Crippen LogP contribution in [0.5, 0.6) is 23.0 Å². The summed E-state index contributed by atoms with van der Waals surface area (Å²) >= 11 is 0. The molecule has 2 atom stereocenters. The van der Waals surface area contributed by atoms with Gasteiger partial charge in [-0.2, -0.15) is 0 Å². The third-order valence-corrected chi connectivity index (χ3v) is 6.94. The molecule has 1 fully saturated rings. The summed E-state index contributed by atoms with van der Waals surface area (Å²) < 4.78 is 21.9. The number of likely N-dealkylation sites (N-methyl/N-ethyl adjacent to an activating group) is 1. The molecule has 0 radical (unpaired) electrons. The molecule has 202 valence electrons. The number of amides is 2. The van der Waals surface area contributed by atoms with E-state index < -0.39 is 12.0 Å². The summed E-state index contributed by atoms with van der Waals surface area (Å²) in [5.41, 5.74) is 1.41. The Labute approximate surface area is 219 Å². The predicted octanol–water partition coefficient (Wildman–Crippen LogP) is 3.66. The fourth-order valence-electron chi connectivity index (χ4n) is 4.87. The molecule has 2 amide bonds. The third kappa shape index (κ3) is 6.28. The maximum absolute atomic E-state index is 13.5. The molecular formula is C28H39N3O6. The van der Waals surface area contributed by atoms with Gasteiger partial charge in [-0.15, -0.1) is 0 Å². The molecule has 0 saturated carbocycles. The summed E-state index contributed by atoms with van der Waals surface area (Å²) in [5.74, 6) is 1.41. The second-order valence-corrected chi connectivity index (χ2v) is 8.83. The molecule has 0 aliphatic carbocycles. The average molecular weight is 514 g/mol. The van der Waals surface area contributed by atoms with Crippen LogP contribution < -0.4 is 29.2 Å². The minimum absolute atomic E-state index is 0.0714. The lowest BCUT2D eigenvalue weighted by Gasteiger charge is -2.41. The Bertz CT molecular complexity index is 1030. The topological polar surface area (TPSA) is 89.6 Å². The Balaban J connectivity index is 2.04. The van der Waals surface area contributed by atoms with Crippen LogP contribution in [-0.2, 0) is 9.59 Å². The van der Waals surface area contributed by atoms with Gasteiger partial charge in [-0.05, 0) is 37.2 Å². The smallest absolute Gasteiger partial charge is 0.227 e. The zero-order valence-corrected chi connectivity index (χ0v) is 22.7. The van der Waals surface area contributed by atoms with E-state index in [4.69, 9.17) is 18.9 Å². The first-order chi connectivity index (χ1) is 17.9. The van der Waals surface area contributed by atoms with Crippen molar-refractivity contribution in [3.8, 4) is 23.0 Å². The monoisotopic (exact) mass is 513 g/mol. The Hall–Kier alpha value is -3.46. The summed E-state index contributed by atoms with van der Waals surface area (Å²) in [6.07, 6.45) is 0.699. The van der Waals surface area contributed by atoms with Crippen LogP contribution in [-0.4, -0.2) is 71.3 Å². The lowest BCUT2D eigenvalue weighted by atomic mass is 9.83. The van der Waals surface area contributed by atoms with Crippen molar-refractivity contribution in [2.45, 2.75) is 32.7 Å². The van der Waals surface area contributed by atoms with Crippen LogP contribution in [0.4, 0.5) is 5.69 Å². The van der Waals surface area contributed by atoms with Gasteiger partial charge in [0.1, 0.15) is 5.75 Å². The quantitative estimate of drug-likeness (QED) is 0.463. The molecule has 9 nitrogen and oxygen atoms in total. The molecular weight excluding hydrogens is 474 g/mol. The van der Waals surface area contributed by atoms with Gasteiger partial charge in [-0.3, -0.25) is 9.59 Å². The maximum Gasteiger partial charge on any atom is 0.227 e. The van der Waals surface area contributed by atoms with Crippen LogP contribution in [0.25, 0.3) is 0 Å². The molecule has 1 aliphatic heterocycles. The van der Waals surface area contributed by atoms with Crippen molar-refractivity contribution in [1.29, 1.82) is 0 Å². The summed E-state index contributed by atoms with van der Waals surface area (Å²) in [4.78, 5) is 30.9. The highest BCUT2D eigenvalue weighted by molar-refractivity contribution is 5.98. The average Bonchev–Trinajstić information content (AvgIpc) is 2.94. The fourth-order valence-corrected chi connectivity index (χ4v) is 4.87. The van der Waals surface area contributed by atoms with Gasteiger partial charge in [0.25, 0.3) is 0 Å². The lowest BCUT2D eigenvalue weighted by Crippen LogP contribution is -2.49. The molecule has 3 rings (SSSR count). The van der Waals surface area contributed by atoms with E-state index in [9.17, 15) is 9.59 Å². The molecule has 1 heterocycles. The SMILES string of the molecule is CCN(CC)CCNC(=O)[C@@H]1CCC(=O)N(c2cc(OC)c(OC)c(OC)c2)[C@H]1c1ccc(OC)cc1. The highest BCUT2D eigenvalue weighted by Gasteiger charge is 2.42. The fraction of sp³-hybridized carbons (Fsp3) is 0.500. The van der Waals surface area contributed by atoms with Crippen molar-refractivity contribution >= 4 is 17.5 Å². The molecule has 1 N–H and O–H groups in total. The van der Waals surface area contributed by atoms with Crippen molar-refractivity contribution in [2.75, 3.05) is 59.5 Å². The summed E-state index contributed by atoms with van der Waals surface area (Å²) in [5, 5.41) is 3.11. The van der Waals surface area contributed by atoms with Crippen molar-refractivity contribution in [1.82, 2.24) is 10.2 Å². The number of hydrogen-bond donors (Lipinski definition) is 1. The highest BCUT2D eigenvalue weighted by atomic mass is 16.5. The highest BCUT2D eigenvalue weighted by Crippen LogP contribution is 2.46. The van der Waals surface area contributed by atoms with Crippen molar-refractivity contribution < 1.29 is 28.5 Å². The zero-order chi connectivity index (χ0) is 26.9. The molecule has 2 aromatic carbocycles. The summed E-state index contributed by atoms with van der Waals surface area (Å²) in [6, 6.07) is 10.5. The standard InChI is InChI=1S/C28H39N3O6/c1-7-30(8-2)16-15-29-28(33)22-13-14-25(32)31(26(22)19-9-11-21(34-3)12-10-19)20-17-23(35-4)27(37-6)24(18-20)36-5/h9-12,17-18,22,26H,7-8,13-16H2,1-6H3,(H,29,33)/t22-,26+/m1/s1. The molecule has 1 aliphatic rings. The number of hydrogen-bond acceptors (Lipinski definition) is 7. The first-order valence-electron chi connectivity index (χ1n) is 12.7. The largest absolute Gasteiger partial charge is 0.497 e. The molecule has 0 spiro atoms. The number of ether oxygens (including phenoxy) is 4. The summed E-state index contributed by atoms with van der Waals surface area (Å²) in [6.45, 7) is 7.38. The van der Waals surface area contributed by atoms with E-state index in [-0.39, 0.29) is 18.2 Å². The second kappa shape index (κ2) is 13.2. The second-order valence-electron chi connectivity index (χ2n) is 8.83. The summed E-state index contributed by atoms with van der Waals surface area (Å²) in [7, 11) is 6.21. The van der Waals surface area contributed by atoms with Crippen LogP contribution in [0.2, 0.25) is 0 Å². The molecule has 2 aromatic rings. The van der Waals surface area contributed by atoms with Crippen LogP contribution in [0.1, 0.15) is 38.3 Å². The number of nitrogens with zero attached hydrogens (tertiary/aromatic N) is 2. The number of piperidine rings is 1. The van der Waals surface area contributed by atoms with Gasteiger partial charge in [0.15, 0.2) is 11.5 Å². The lowest BCUT2D eigenvalue weighted by molar-refractivity contribution is -0.129. The minimum Gasteiger partial charge on any atom is -0.497 e. The normalized spacial score (nSPS) is 17.5. The number of carbonyl (C=O) groups is 2. The van der Waals surface area contributed by atoms with Gasteiger partial charge in [0.2, 0.25) is 17.6 Å². The van der Waals surface area contributed by atoms with Gasteiger partial charge in [-0.25, -0.2) is 0 Å². The van der Waals surface area contributed by atoms with Crippen LogP contribution in [0, 0.1) is 5.92 Å². The van der Waals surface area contributed by atoms with E-state index in [0.29, 0.717) is 41.7 Å². The zero-order valence-electron chi connectivity index (χ0n) is 22.7. The van der Waals surface area contributed by atoms with Crippen LogP contribution in [0.3, 0.4) is 0 Å². The van der Waals surface area contributed by atoms with E-state index in [1.54, 1.807) is 24.1 Å². The number of benzene rings is 2. The van der Waals surface area contributed by atoms with Gasteiger partial charge in [0, 0.05) is 31.6 Å². The molecule has 0 bridgehead atoms. The Morgan fingerprint density at radius 1 is 0.973 bits per heavy atom. The number of methoxy groups -OCH3 is 4. The minimum atomic E-state index is -0.525. The number of anilines is 1. The van der Waals surface area contributed by atoms with Gasteiger partial charge < -0.3 is 34.1 Å². The molecule has 0 unspecified atom stereocenters. The number of nitrogens with one attached hydrogen (secondary N) is 1. The van der Waals surface area contributed by atoms with Gasteiger partial charge in [-0.1, -0.05) is 26.0 Å². The van der Waals surface area contributed by atoms with Crippen molar-refractivity contribution in [2.24, 2.45) is 5.92 Å². The molecule has 1 saturated heterocycles. The predicted molar refractivity (Wildman–Crippen MR) is 143 cm³/mol. The van der Waals surface area contributed by atoms with Crippen molar-refractivity contribution in [3.63, 3.8) is 0 Å². The Morgan fingerprint density at radius 3 is 2.11 bits per heavy atom. The van der Waals surface area contributed by atoms with E-state index in [0.717, 1.165) is 25.2 Å². The molecule has 0 aromatic heterocycles. The van der Waals surface area contributed by atoms with E-state index in [1.807, 2.05) is 24.3 Å². The van der Waals surface area contributed by atoms with E-state index in [1.165, 1.54) is 21.3 Å². The van der Waals surface area contributed by atoms with E-state index in [2.05, 4.69) is 24.1 Å². The maximum atomic E-state index is 13.5. The van der Waals surface area contributed by atoms with E-state index >= 15 is 0 Å². The Morgan fingerprint density at radius 2 is 1.59 bits per heavy atom. The van der Waals surface area contributed by atoms with Crippen molar-refractivity contribution in [3.05, 3.63) is 42.0 Å². The van der Waals surface area contributed by atoms with Crippen LogP contribution >= 0.6 is 0 Å². The first kappa shape index (κ1) is 28.1. The first-order valence-corrected chi connectivity index (χ1v) is 12.7.